The first kappa shape index (κ1) is 18.1. The van der Waals surface area contributed by atoms with Crippen molar-refractivity contribution in [2.75, 3.05) is 12.0 Å². The zero-order valence-corrected chi connectivity index (χ0v) is 16.5. The number of amides is 1. The van der Waals surface area contributed by atoms with Gasteiger partial charge in [0.05, 0.1) is 24.1 Å². The van der Waals surface area contributed by atoms with Gasteiger partial charge < -0.3 is 9.15 Å². The van der Waals surface area contributed by atoms with Gasteiger partial charge in [-0.05, 0) is 54.4 Å². The summed E-state index contributed by atoms with van der Waals surface area (Å²) in [5.74, 6) is 0.833. The van der Waals surface area contributed by atoms with Crippen molar-refractivity contribution in [3.8, 4) is 5.75 Å². The molecule has 0 saturated carbocycles. The number of ether oxygens (including phenoxy) is 1. The van der Waals surface area contributed by atoms with Gasteiger partial charge in [0.2, 0.25) is 5.76 Å². The molecule has 30 heavy (non-hydrogen) atoms. The van der Waals surface area contributed by atoms with Crippen molar-refractivity contribution >= 4 is 22.7 Å². The molecular formula is C24H18N2O4. The van der Waals surface area contributed by atoms with Gasteiger partial charge in [-0.3, -0.25) is 14.5 Å². The van der Waals surface area contributed by atoms with Crippen molar-refractivity contribution in [1.82, 2.24) is 4.98 Å². The fourth-order valence-corrected chi connectivity index (χ4v) is 3.91. The van der Waals surface area contributed by atoms with E-state index in [2.05, 4.69) is 4.98 Å². The Morgan fingerprint density at radius 3 is 2.53 bits per heavy atom. The quantitative estimate of drug-likeness (QED) is 0.516. The van der Waals surface area contributed by atoms with Crippen molar-refractivity contribution in [2.45, 2.75) is 13.0 Å². The van der Waals surface area contributed by atoms with Crippen LogP contribution in [0.4, 0.5) is 5.82 Å². The maximum atomic E-state index is 13.4. The van der Waals surface area contributed by atoms with Crippen LogP contribution in [0.15, 0.2) is 76.1 Å². The Morgan fingerprint density at radius 2 is 1.80 bits per heavy atom. The van der Waals surface area contributed by atoms with Crippen LogP contribution >= 0.6 is 0 Å². The van der Waals surface area contributed by atoms with Gasteiger partial charge in [0, 0.05) is 6.20 Å². The second-order valence-electron chi connectivity index (χ2n) is 7.21. The van der Waals surface area contributed by atoms with Crippen LogP contribution in [0.2, 0.25) is 0 Å². The molecule has 6 nitrogen and oxygen atoms in total. The molecule has 0 aliphatic carbocycles. The summed E-state index contributed by atoms with van der Waals surface area (Å²) in [5.41, 5.74) is 2.24. The first-order chi connectivity index (χ1) is 14.6. The molecule has 4 aromatic rings. The van der Waals surface area contributed by atoms with Gasteiger partial charge >= 0.3 is 0 Å². The van der Waals surface area contributed by atoms with Crippen LogP contribution in [-0.2, 0) is 0 Å². The third-order valence-electron chi connectivity index (χ3n) is 5.36. The second kappa shape index (κ2) is 6.84. The minimum absolute atomic E-state index is 0.0582. The summed E-state index contributed by atoms with van der Waals surface area (Å²) in [6, 6.07) is 17.3. The molecule has 2 aromatic heterocycles. The minimum Gasteiger partial charge on any atom is -0.497 e. The standard InChI is InChI=1S/C24H18N2O4/c1-14-11-12-25-19(13-14)26-21(15-7-9-16(29-2)10-8-15)20-22(27)17-5-3-4-6-18(17)30-23(20)24(26)28/h3-13,21H,1-2H3. The Bertz CT molecular complexity index is 1340. The number of benzene rings is 2. The van der Waals surface area contributed by atoms with Gasteiger partial charge in [0.1, 0.15) is 17.2 Å². The maximum absolute atomic E-state index is 13.4. The smallest absolute Gasteiger partial charge is 0.296 e. The largest absolute Gasteiger partial charge is 0.497 e. The van der Waals surface area contributed by atoms with Crippen molar-refractivity contribution < 1.29 is 13.9 Å². The third kappa shape index (κ3) is 2.69. The monoisotopic (exact) mass is 398 g/mol. The number of aromatic nitrogens is 1. The van der Waals surface area contributed by atoms with E-state index in [0.29, 0.717) is 28.1 Å². The molecule has 1 unspecified atom stereocenters. The molecule has 0 N–H and O–H groups in total. The van der Waals surface area contributed by atoms with Crippen LogP contribution in [0, 0.1) is 6.92 Å². The summed E-state index contributed by atoms with van der Waals surface area (Å²) < 4.78 is 11.2. The summed E-state index contributed by atoms with van der Waals surface area (Å²) in [7, 11) is 1.59. The van der Waals surface area contributed by atoms with E-state index in [1.807, 2.05) is 43.3 Å². The van der Waals surface area contributed by atoms with E-state index in [0.717, 1.165) is 11.1 Å². The number of nitrogens with zero attached hydrogens (tertiary/aromatic N) is 2. The van der Waals surface area contributed by atoms with E-state index >= 15 is 0 Å². The zero-order chi connectivity index (χ0) is 20.8. The van der Waals surface area contributed by atoms with E-state index in [1.165, 1.54) is 4.90 Å². The van der Waals surface area contributed by atoms with Crippen molar-refractivity contribution in [3.05, 3.63) is 99.5 Å². The Balaban J connectivity index is 1.80. The molecule has 1 atom stereocenters. The fraction of sp³-hybridized carbons (Fsp3) is 0.125. The van der Waals surface area contributed by atoms with E-state index in [4.69, 9.17) is 9.15 Å². The molecule has 1 aliphatic heterocycles. The van der Waals surface area contributed by atoms with Gasteiger partial charge in [0.25, 0.3) is 5.91 Å². The highest BCUT2D eigenvalue weighted by Crippen LogP contribution is 2.40. The molecule has 1 amide bonds. The predicted octanol–water partition coefficient (Wildman–Crippen LogP) is 4.25. The summed E-state index contributed by atoms with van der Waals surface area (Å²) in [5, 5.41) is 0.446. The molecule has 5 rings (SSSR count). The Kier molecular flexibility index (Phi) is 4.13. The molecule has 2 aromatic carbocycles. The van der Waals surface area contributed by atoms with E-state index in [9.17, 15) is 9.59 Å². The highest BCUT2D eigenvalue weighted by atomic mass is 16.5. The lowest BCUT2D eigenvalue weighted by Crippen LogP contribution is -2.30. The van der Waals surface area contributed by atoms with Crippen LogP contribution in [0.5, 0.6) is 5.75 Å². The van der Waals surface area contributed by atoms with Crippen molar-refractivity contribution in [2.24, 2.45) is 0 Å². The first-order valence-corrected chi connectivity index (χ1v) is 9.54. The average molecular weight is 398 g/mol. The average Bonchev–Trinajstić information content (AvgIpc) is 3.06. The number of hydrogen-bond donors (Lipinski definition) is 0. The molecule has 0 radical (unpaired) electrons. The molecule has 0 saturated heterocycles. The molecular weight excluding hydrogens is 380 g/mol. The number of pyridine rings is 1. The van der Waals surface area contributed by atoms with Gasteiger partial charge in [0.15, 0.2) is 5.43 Å². The van der Waals surface area contributed by atoms with E-state index in [1.54, 1.807) is 37.6 Å². The Morgan fingerprint density at radius 1 is 1.03 bits per heavy atom. The van der Waals surface area contributed by atoms with Gasteiger partial charge in [-0.1, -0.05) is 24.3 Å². The number of carbonyl (C=O) groups excluding carboxylic acids is 1. The molecule has 0 spiro atoms. The Hall–Kier alpha value is -3.93. The van der Waals surface area contributed by atoms with Crippen LogP contribution in [-0.4, -0.2) is 18.0 Å². The number of fused-ring (bicyclic) bond motifs is 2. The van der Waals surface area contributed by atoms with Crippen LogP contribution in [0.25, 0.3) is 11.0 Å². The van der Waals surface area contributed by atoms with E-state index < -0.39 is 6.04 Å². The number of methoxy groups -OCH3 is 1. The summed E-state index contributed by atoms with van der Waals surface area (Å²) >= 11 is 0. The number of rotatable bonds is 3. The fourth-order valence-electron chi connectivity index (χ4n) is 3.91. The molecule has 3 heterocycles. The minimum atomic E-state index is -0.645. The first-order valence-electron chi connectivity index (χ1n) is 9.54. The van der Waals surface area contributed by atoms with Crippen molar-refractivity contribution in [3.63, 3.8) is 0 Å². The number of aryl methyl sites for hydroxylation is 1. The van der Waals surface area contributed by atoms with E-state index in [-0.39, 0.29) is 17.1 Å². The van der Waals surface area contributed by atoms with Gasteiger partial charge in [-0.15, -0.1) is 0 Å². The topological polar surface area (TPSA) is 72.6 Å². The number of anilines is 1. The predicted molar refractivity (Wildman–Crippen MR) is 113 cm³/mol. The van der Waals surface area contributed by atoms with Crippen LogP contribution in [0.3, 0.4) is 0 Å². The number of para-hydroxylation sites is 1. The van der Waals surface area contributed by atoms with Crippen LogP contribution < -0.4 is 15.1 Å². The highest BCUT2D eigenvalue weighted by Gasteiger charge is 2.44. The lowest BCUT2D eigenvalue weighted by atomic mass is 9.98. The number of carbonyl (C=O) groups is 1. The normalized spacial score (nSPS) is 15.5. The summed E-state index contributed by atoms with van der Waals surface area (Å²) in [6.07, 6.45) is 1.65. The number of hydrogen-bond acceptors (Lipinski definition) is 5. The van der Waals surface area contributed by atoms with Crippen LogP contribution in [0.1, 0.15) is 33.3 Å². The Labute approximate surface area is 172 Å². The summed E-state index contributed by atoms with van der Waals surface area (Å²) in [4.78, 5) is 32.8. The van der Waals surface area contributed by atoms with Gasteiger partial charge in [-0.2, -0.15) is 0 Å². The molecule has 0 bridgehead atoms. The summed E-state index contributed by atoms with van der Waals surface area (Å²) in [6.45, 7) is 1.93. The zero-order valence-electron chi connectivity index (χ0n) is 16.5. The molecule has 6 heteroatoms. The lowest BCUT2D eigenvalue weighted by Gasteiger charge is -2.24. The molecule has 1 aliphatic rings. The lowest BCUT2D eigenvalue weighted by molar-refractivity contribution is 0.0970. The SMILES string of the molecule is COc1ccc(C2c3c(oc4ccccc4c3=O)C(=O)N2c2cc(C)ccn2)cc1. The molecule has 0 fully saturated rings. The maximum Gasteiger partial charge on any atom is 0.296 e. The second-order valence-corrected chi connectivity index (χ2v) is 7.21. The van der Waals surface area contributed by atoms with Gasteiger partial charge in [-0.25, -0.2) is 4.98 Å². The van der Waals surface area contributed by atoms with Crippen molar-refractivity contribution in [1.29, 1.82) is 0 Å². The highest BCUT2D eigenvalue weighted by molar-refractivity contribution is 6.10. The molecule has 148 valence electrons. The third-order valence-corrected chi connectivity index (χ3v) is 5.36.